The summed E-state index contributed by atoms with van der Waals surface area (Å²) in [6.45, 7) is 3.11. The third-order valence-corrected chi connectivity index (χ3v) is 5.39. The predicted octanol–water partition coefficient (Wildman–Crippen LogP) is 3.12. The highest BCUT2D eigenvalue weighted by Crippen LogP contribution is 2.47. The largest absolute Gasteiger partial charge is 0.492 e. The number of hydrogen-bond acceptors (Lipinski definition) is 6. The Labute approximate surface area is 123 Å². The Morgan fingerprint density at radius 1 is 1.45 bits per heavy atom. The molecular weight excluding hydrogens is 276 g/mol. The zero-order chi connectivity index (χ0) is 14.8. The smallest absolute Gasteiger partial charge is 0.350 e. The molecule has 6 heteroatoms. The lowest BCUT2D eigenvalue weighted by molar-refractivity contribution is 0.0607. The minimum Gasteiger partial charge on any atom is -0.492 e. The number of carbonyl (C=O) groups excluding carboxylic acids is 1. The molecule has 0 unspecified atom stereocenters. The summed E-state index contributed by atoms with van der Waals surface area (Å²) in [6.07, 6.45) is 4.97. The quantitative estimate of drug-likeness (QED) is 0.789. The Hall–Kier alpha value is -1.43. The standard InChI is InChI=1S/C14H22N2O3S/c1-4-14(6-5-7-14)8-16-12-10(18-2)9(15)11(20-12)13(17)19-3/h16H,4-8,15H2,1-3H3. The van der Waals surface area contributed by atoms with Crippen molar-refractivity contribution in [2.24, 2.45) is 5.41 Å². The molecule has 0 amide bonds. The van der Waals surface area contributed by atoms with Crippen molar-refractivity contribution in [2.45, 2.75) is 32.6 Å². The van der Waals surface area contributed by atoms with E-state index in [-0.39, 0.29) is 0 Å². The van der Waals surface area contributed by atoms with Crippen LogP contribution in [0.5, 0.6) is 5.75 Å². The second-order valence-corrected chi connectivity index (χ2v) is 6.28. The number of rotatable bonds is 6. The average molecular weight is 298 g/mol. The van der Waals surface area contributed by atoms with Gasteiger partial charge in [0.05, 0.1) is 14.2 Å². The monoisotopic (exact) mass is 298 g/mol. The maximum absolute atomic E-state index is 11.7. The van der Waals surface area contributed by atoms with E-state index in [1.165, 1.54) is 37.7 Å². The van der Waals surface area contributed by atoms with Crippen LogP contribution >= 0.6 is 11.3 Å². The maximum atomic E-state index is 11.7. The molecule has 1 aliphatic carbocycles. The Morgan fingerprint density at radius 3 is 2.60 bits per heavy atom. The number of methoxy groups -OCH3 is 2. The number of nitrogen functional groups attached to an aromatic ring is 1. The summed E-state index contributed by atoms with van der Waals surface area (Å²) in [7, 11) is 2.91. The number of ether oxygens (including phenoxy) is 2. The van der Waals surface area contributed by atoms with Crippen molar-refractivity contribution in [3.8, 4) is 5.75 Å². The van der Waals surface area contributed by atoms with Crippen LogP contribution < -0.4 is 15.8 Å². The molecule has 0 saturated heterocycles. The van der Waals surface area contributed by atoms with Crippen molar-refractivity contribution in [1.29, 1.82) is 0 Å². The first-order valence-electron chi connectivity index (χ1n) is 6.85. The number of hydrogen-bond donors (Lipinski definition) is 2. The van der Waals surface area contributed by atoms with Gasteiger partial charge >= 0.3 is 5.97 Å². The number of esters is 1. The highest BCUT2D eigenvalue weighted by Gasteiger charge is 2.35. The van der Waals surface area contributed by atoms with Gasteiger partial charge in [0.15, 0.2) is 5.75 Å². The van der Waals surface area contributed by atoms with Crippen LogP contribution in [-0.4, -0.2) is 26.7 Å². The molecule has 1 fully saturated rings. The van der Waals surface area contributed by atoms with Crippen LogP contribution in [0, 0.1) is 5.41 Å². The van der Waals surface area contributed by atoms with Crippen LogP contribution in [0.4, 0.5) is 10.7 Å². The maximum Gasteiger partial charge on any atom is 0.350 e. The van der Waals surface area contributed by atoms with Crippen LogP contribution in [0.2, 0.25) is 0 Å². The molecule has 0 bridgehead atoms. The van der Waals surface area contributed by atoms with Gasteiger partial charge in [0.2, 0.25) is 0 Å². The van der Waals surface area contributed by atoms with E-state index < -0.39 is 5.97 Å². The number of carbonyl (C=O) groups is 1. The van der Waals surface area contributed by atoms with Crippen molar-refractivity contribution in [2.75, 3.05) is 31.8 Å². The van der Waals surface area contributed by atoms with Gasteiger partial charge in [-0.25, -0.2) is 4.79 Å². The number of nitrogens with one attached hydrogen (secondary N) is 1. The number of nitrogens with two attached hydrogens (primary N) is 1. The van der Waals surface area contributed by atoms with Crippen LogP contribution in [-0.2, 0) is 4.74 Å². The first-order chi connectivity index (χ1) is 9.56. The molecule has 0 atom stereocenters. The third-order valence-electron chi connectivity index (χ3n) is 4.26. The lowest BCUT2D eigenvalue weighted by Crippen LogP contribution is -2.35. The lowest BCUT2D eigenvalue weighted by Gasteiger charge is -2.41. The van der Waals surface area contributed by atoms with Crippen molar-refractivity contribution < 1.29 is 14.3 Å². The molecule has 2 rings (SSSR count). The first-order valence-corrected chi connectivity index (χ1v) is 7.67. The van der Waals surface area contributed by atoms with E-state index in [1.807, 2.05) is 0 Å². The summed E-state index contributed by atoms with van der Waals surface area (Å²) in [6, 6.07) is 0. The SMILES string of the molecule is CCC1(CNc2sc(C(=O)OC)c(N)c2OC)CCC1. The van der Waals surface area contributed by atoms with Gasteiger partial charge in [-0.3, -0.25) is 0 Å². The summed E-state index contributed by atoms with van der Waals surface area (Å²) < 4.78 is 10.1. The van der Waals surface area contributed by atoms with Crippen molar-refractivity contribution >= 4 is 28.0 Å². The molecule has 3 N–H and O–H groups in total. The molecule has 1 saturated carbocycles. The summed E-state index contributed by atoms with van der Waals surface area (Å²) in [5.41, 5.74) is 6.69. The first kappa shape index (κ1) is 15.0. The van der Waals surface area contributed by atoms with E-state index in [4.69, 9.17) is 15.2 Å². The van der Waals surface area contributed by atoms with Gasteiger partial charge in [-0.2, -0.15) is 0 Å². The molecule has 112 valence electrons. The topological polar surface area (TPSA) is 73.6 Å². The zero-order valence-corrected chi connectivity index (χ0v) is 13.1. The van der Waals surface area contributed by atoms with E-state index in [0.717, 1.165) is 18.0 Å². The fraction of sp³-hybridized carbons (Fsp3) is 0.643. The second-order valence-electron chi connectivity index (χ2n) is 5.26. The average Bonchev–Trinajstić information content (AvgIpc) is 2.73. The van der Waals surface area contributed by atoms with Gasteiger partial charge < -0.3 is 20.5 Å². The number of anilines is 2. The van der Waals surface area contributed by atoms with Gasteiger partial charge in [0.1, 0.15) is 15.6 Å². The normalized spacial score (nSPS) is 16.4. The molecule has 0 spiro atoms. The van der Waals surface area contributed by atoms with Crippen LogP contribution in [0.25, 0.3) is 0 Å². The molecule has 0 aliphatic heterocycles. The molecule has 20 heavy (non-hydrogen) atoms. The van der Waals surface area contributed by atoms with Gasteiger partial charge in [0, 0.05) is 6.54 Å². The van der Waals surface area contributed by atoms with Gasteiger partial charge in [-0.05, 0) is 24.7 Å². The molecule has 5 nitrogen and oxygen atoms in total. The van der Waals surface area contributed by atoms with E-state index >= 15 is 0 Å². The second kappa shape index (κ2) is 5.91. The van der Waals surface area contributed by atoms with E-state index in [2.05, 4.69) is 12.2 Å². The third kappa shape index (κ3) is 2.57. The molecule has 1 aromatic heterocycles. The van der Waals surface area contributed by atoms with Crippen molar-refractivity contribution in [1.82, 2.24) is 0 Å². The molecular formula is C14H22N2O3S. The van der Waals surface area contributed by atoms with Crippen LogP contribution in [0.15, 0.2) is 0 Å². The summed E-state index contributed by atoms with van der Waals surface area (Å²) in [4.78, 5) is 12.1. The predicted molar refractivity (Wildman–Crippen MR) is 81.7 cm³/mol. The summed E-state index contributed by atoms with van der Waals surface area (Å²) in [5, 5.41) is 4.21. The Balaban J connectivity index is 2.16. The van der Waals surface area contributed by atoms with Gasteiger partial charge in [-0.1, -0.05) is 13.3 Å². The Morgan fingerprint density at radius 2 is 2.15 bits per heavy atom. The Bertz CT molecular complexity index is 489. The molecule has 0 aromatic carbocycles. The van der Waals surface area contributed by atoms with Crippen LogP contribution in [0.3, 0.4) is 0 Å². The van der Waals surface area contributed by atoms with E-state index in [1.54, 1.807) is 7.11 Å². The minimum absolute atomic E-state index is 0.353. The van der Waals surface area contributed by atoms with E-state index in [9.17, 15) is 4.79 Å². The molecule has 1 heterocycles. The fourth-order valence-electron chi connectivity index (χ4n) is 2.59. The Kier molecular flexibility index (Phi) is 4.42. The summed E-state index contributed by atoms with van der Waals surface area (Å²) in [5.74, 6) is 0.119. The van der Waals surface area contributed by atoms with E-state index in [0.29, 0.717) is 21.7 Å². The molecule has 1 aromatic rings. The van der Waals surface area contributed by atoms with Gasteiger partial charge in [-0.15, -0.1) is 11.3 Å². The lowest BCUT2D eigenvalue weighted by atomic mass is 9.67. The highest BCUT2D eigenvalue weighted by atomic mass is 32.1. The minimum atomic E-state index is -0.423. The highest BCUT2D eigenvalue weighted by molar-refractivity contribution is 7.19. The molecule has 0 radical (unpaired) electrons. The van der Waals surface area contributed by atoms with Crippen LogP contribution in [0.1, 0.15) is 42.3 Å². The number of thiophene rings is 1. The summed E-state index contributed by atoms with van der Waals surface area (Å²) >= 11 is 1.29. The fourth-order valence-corrected chi connectivity index (χ4v) is 3.60. The van der Waals surface area contributed by atoms with Gasteiger partial charge in [0.25, 0.3) is 0 Å². The zero-order valence-electron chi connectivity index (χ0n) is 12.2. The molecule has 1 aliphatic rings. The van der Waals surface area contributed by atoms with Crippen molar-refractivity contribution in [3.63, 3.8) is 0 Å². The van der Waals surface area contributed by atoms with Crippen molar-refractivity contribution in [3.05, 3.63) is 4.88 Å².